The number of hydrogen-bond donors (Lipinski definition) is 1. The van der Waals surface area contributed by atoms with Crippen LogP contribution in [0.1, 0.15) is 110 Å². The van der Waals surface area contributed by atoms with E-state index in [2.05, 4.69) is 26.1 Å². The standard InChI is InChI=1S/C27H47NO2/c1-3-4-5-6-7-8-9-10-11-12-13-14-15-16-17-21-24-28(2,25-27(29)30)26-22-19-18-20-23-26/h18-20,22-23H,3-17,21,24-25H2,1-2H3/p+1. The maximum Gasteiger partial charge on any atom is 0.359 e. The molecule has 0 aliphatic rings. The summed E-state index contributed by atoms with van der Waals surface area (Å²) in [6.45, 7) is 3.33. The average Bonchev–Trinajstić information content (AvgIpc) is 2.73. The van der Waals surface area contributed by atoms with Crippen molar-refractivity contribution in [2.24, 2.45) is 0 Å². The number of carboxylic acid groups (broad SMARTS) is 1. The highest BCUT2D eigenvalue weighted by Crippen LogP contribution is 2.22. The lowest BCUT2D eigenvalue weighted by molar-refractivity contribution is -0.137. The molecule has 0 bridgehead atoms. The fourth-order valence-corrected chi connectivity index (χ4v) is 4.39. The highest BCUT2D eigenvalue weighted by molar-refractivity contribution is 5.72. The van der Waals surface area contributed by atoms with E-state index < -0.39 is 5.97 Å². The number of unbranched alkanes of at least 4 members (excludes halogenated alkanes) is 15. The molecule has 1 aromatic carbocycles. The molecule has 0 amide bonds. The number of rotatable bonds is 20. The van der Waals surface area contributed by atoms with Gasteiger partial charge in [0.05, 0.1) is 13.6 Å². The van der Waals surface area contributed by atoms with Crippen molar-refractivity contribution in [2.45, 2.75) is 110 Å². The number of para-hydroxylation sites is 1. The number of carboxylic acids is 1. The molecule has 1 atom stereocenters. The minimum Gasteiger partial charge on any atom is -0.477 e. The van der Waals surface area contributed by atoms with Crippen molar-refractivity contribution in [2.75, 3.05) is 20.1 Å². The zero-order valence-corrected chi connectivity index (χ0v) is 19.9. The fraction of sp³-hybridized carbons (Fsp3) is 0.741. The van der Waals surface area contributed by atoms with Crippen molar-refractivity contribution in [3.05, 3.63) is 30.3 Å². The normalized spacial score (nSPS) is 13.3. The molecule has 3 heteroatoms. The zero-order valence-electron chi connectivity index (χ0n) is 19.9. The molecule has 1 rings (SSSR count). The summed E-state index contributed by atoms with van der Waals surface area (Å²) in [5, 5.41) is 9.33. The Morgan fingerprint density at radius 1 is 0.700 bits per heavy atom. The smallest absolute Gasteiger partial charge is 0.359 e. The second kappa shape index (κ2) is 17.3. The maximum atomic E-state index is 11.3. The van der Waals surface area contributed by atoms with Gasteiger partial charge in [-0.3, -0.25) is 4.48 Å². The Kier molecular flexibility index (Phi) is 15.4. The Morgan fingerprint density at radius 3 is 1.50 bits per heavy atom. The number of carbonyl (C=O) groups is 1. The first-order valence-electron chi connectivity index (χ1n) is 12.7. The van der Waals surface area contributed by atoms with Crippen molar-refractivity contribution in [3.8, 4) is 0 Å². The summed E-state index contributed by atoms with van der Waals surface area (Å²) in [7, 11) is 2.05. The maximum absolute atomic E-state index is 11.3. The summed E-state index contributed by atoms with van der Waals surface area (Å²) in [6.07, 6.45) is 21.8. The van der Waals surface area contributed by atoms with Gasteiger partial charge in [0, 0.05) is 0 Å². The molecule has 0 radical (unpaired) electrons. The number of aliphatic carboxylic acids is 1. The molecule has 0 aliphatic carbocycles. The third-order valence-corrected chi connectivity index (χ3v) is 6.37. The summed E-state index contributed by atoms with van der Waals surface area (Å²) in [5.74, 6) is -0.724. The SMILES string of the molecule is CCCCCCCCCCCCCCCCCC[N+](C)(CC(=O)O)c1ccccc1. The first-order chi connectivity index (χ1) is 14.6. The monoisotopic (exact) mass is 418 g/mol. The second-order valence-electron chi connectivity index (χ2n) is 9.31. The van der Waals surface area contributed by atoms with E-state index in [4.69, 9.17) is 0 Å². The quantitative estimate of drug-likeness (QED) is 0.172. The van der Waals surface area contributed by atoms with Crippen LogP contribution in [0, 0.1) is 0 Å². The Hall–Kier alpha value is -1.35. The molecule has 0 saturated carbocycles. The van der Waals surface area contributed by atoms with Crippen LogP contribution in [0.2, 0.25) is 0 Å². The van der Waals surface area contributed by atoms with Crippen molar-refractivity contribution >= 4 is 11.7 Å². The molecule has 1 N–H and O–H groups in total. The lowest BCUT2D eigenvalue weighted by Crippen LogP contribution is -2.49. The van der Waals surface area contributed by atoms with Crippen molar-refractivity contribution in [1.29, 1.82) is 0 Å². The Bertz CT molecular complexity index is 531. The van der Waals surface area contributed by atoms with Crippen molar-refractivity contribution in [3.63, 3.8) is 0 Å². The van der Waals surface area contributed by atoms with Crippen LogP contribution in [0.3, 0.4) is 0 Å². The van der Waals surface area contributed by atoms with Crippen LogP contribution in [0.4, 0.5) is 5.69 Å². The molecule has 1 aromatic rings. The number of hydrogen-bond acceptors (Lipinski definition) is 1. The first kappa shape index (κ1) is 26.7. The second-order valence-corrected chi connectivity index (χ2v) is 9.31. The molecule has 0 aromatic heterocycles. The molecule has 1 unspecified atom stereocenters. The molecule has 172 valence electrons. The largest absolute Gasteiger partial charge is 0.477 e. The molecule has 0 spiro atoms. The van der Waals surface area contributed by atoms with Crippen molar-refractivity contribution in [1.82, 2.24) is 4.48 Å². The molecular formula is C27H48NO2+. The van der Waals surface area contributed by atoms with Gasteiger partial charge in [-0.2, -0.15) is 0 Å². The van der Waals surface area contributed by atoms with E-state index in [-0.39, 0.29) is 6.54 Å². The Balaban J connectivity index is 2.00. The Morgan fingerprint density at radius 2 is 1.10 bits per heavy atom. The number of nitrogens with zero attached hydrogens (tertiary/aromatic N) is 1. The van der Waals surface area contributed by atoms with E-state index in [9.17, 15) is 9.90 Å². The summed E-state index contributed by atoms with van der Waals surface area (Å²) in [6, 6.07) is 10.1. The molecular weight excluding hydrogens is 370 g/mol. The molecule has 3 nitrogen and oxygen atoms in total. The predicted molar refractivity (Wildman–Crippen MR) is 131 cm³/mol. The van der Waals surface area contributed by atoms with Gasteiger partial charge in [0.2, 0.25) is 0 Å². The van der Waals surface area contributed by atoms with Crippen LogP contribution in [0.5, 0.6) is 0 Å². The summed E-state index contributed by atoms with van der Waals surface area (Å²) in [4.78, 5) is 11.3. The van der Waals surface area contributed by atoms with Gasteiger partial charge in [0.15, 0.2) is 6.54 Å². The van der Waals surface area contributed by atoms with E-state index in [1.165, 1.54) is 96.3 Å². The van der Waals surface area contributed by atoms with Crippen LogP contribution in [0.15, 0.2) is 30.3 Å². The lowest BCUT2D eigenvalue weighted by atomic mass is 10.0. The minimum absolute atomic E-state index is 0.156. The number of benzene rings is 1. The molecule has 30 heavy (non-hydrogen) atoms. The minimum atomic E-state index is -0.724. The van der Waals surface area contributed by atoms with Gasteiger partial charge in [0.1, 0.15) is 5.69 Å². The van der Waals surface area contributed by atoms with Crippen LogP contribution < -0.4 is 4.48 Å². The van der Waals surface area contributed by atoms with E-state index in [1.54, 1.807) is 0 Å². The predicted octanol–water partition coefficient (Wildman–Crippen LogP) is 7.97. The molecule has 0 fully saturated rings. The highest BCUT2D eigenvalue weighted by Gasteiger charge is 2.27. The number of quaternary nitrogens is 1. The van der Waals surface area contributed by atoms with Crippen LogP contribution in [-0.2, 0) is 4.79 Å². The van der Waals surface area contributed by atoms with E-state index in [1.807, 2.05) is 18.2 Å². The fourth-order valence-electron chi connectivity index (χ4n) is 4.39. The average molecular weight is 419 g/mol. The van der Waals surface area contributed by atoms with Gasteiger partial charge in [-0.15, -0.1) is 0 Å². The summed E-state index contributed by atoms with van der Waals surface area (Å²) < 4.78 is 0.495. The van der Waals surface area contributed by atoms with Crippen molar-refractivity contribution < 1.29 is 9.90 Å². The lowest BCUT2D eigenvalue weighted by Gasteiger charge is -2.32. The molecule has 0 aliphatic heterocycles. The van der Waals surface area contributed by atoms with E-state index in [0.29, 0.717) is 4.48 Å². The van der Waals surface area contributed by atoms with Crippen LogP contribution in [-0.4, -0.2) is 31.2 Å². The Labute approximate surface area is 186 Å². The van der Waals surface area contributed by atoms with E-state index in [0.717, 1.165) is 18.7 Å². The highest BCUT2D eigenvalue weighted by atomic mass is 16.4. The van der Waals surface area contributed by atoms with Gasteiger partial charge in [-0.05, 0) is 25.0 Å². The zero-order chi connectivity index (χ0) is 21.9. The van der Waals surface area contributed by atoms with Gasteiger partial charge < -0.3 is 5.11 Å². The number of likely N-dealkylation sites (N-methyl/N-ethyl adjacent to an activating group) is 1. The van der Waals surface area contributed by atoms with Crippen LogP contribution in [0.25, 0.3) is 0 Å². The van der Waals surface area contributed by atoms with E-state index >= 15 is 0 Å². The molecule has 0 heterocycles. The van der Waals surface area contributed by atoms with Gasteiger partial charge >= 0.3 is 5.97 Å². The molecule has 0 saturated heterocycles. The van der Waals surface area contributed by atoms with Crippen LogP contribution >= 0.6 is 0 Å². The third-order valence-electron chi connectivity index (χ3n) is 6.37. The topological polar surface area (TPSA) is 37.3 Å². The van der Waals surface area contributed by atoms with Gasteiger partial charge in [-0.1, -0.05) is 115 Å². The summed E-state index contributed by atoms with van der Waals surface area (Å²) in [5.41, 5.74) is 1.10. The van der Waals surface area contributed by atoms with Gasteiger partial charge in [0.25, 0.3) is 0 Å². The summed E-state index contributed by atoms with van der Waals surface area (Å²) >= 11 is 0. The third kappa shape index (κ3) is 13.1. The van der Waals surface area contributed by atoms with Gasteiger partial charge in [-0.25, -0.2) is 4.79 Å². The first-order valence-corrected chi connectivity index (χ1v) is 12.7.